The summed E-state index contributed by atoms with van der Waals surface area (Å²) in [6.45, 7) is 5.11. The molecule has 1 aromatic carbocycles. The number of benzene rings is 1. The van der Waals surface area contributed by atoms with Gasteiger partial charge in [0.05, 0.1) is 12.1 Å². The highest BCUT2D eigenvalue weighted by molar-refractivity contribution is 5.95. The second-order valence-electron chi connectivity index (χ2n) is 6.47. The molecular formula is C19H22N4O2. The number of carbonyl (C=O) groups excluding carboxylic acids is 2. The molecule has 1 aromatic heterocycles. The molecule has 0 saturated carbocycles. The van der Waals surface area contributed by atoms with Gasteiger partial charge in [-0.25, -0.2) is 4.98 Å². The van der Waals surface area contributed by atoms with Gasteiger partial charge in [-0.2, -0.15) is 0 Å². The topological polar surface area (TPSA) is 75.2 Å². The van der Waals surface area contributed by atoms with E-state index >= 15 is 0 Å². The summed E-state index contributed by atoms with van der Waals surface area (Å²) in [5.74, 6) is -0.423. The average molecular weight is 338 g/mol. The van der Waals surface area contributed by atoms with Gasteiger partial charge in [-0.1, -0.05) is 6.07 Å². The van der Waals surface area contributed by atoms with Gasteiger partial charge in [0.2, 0.25) is 5.91 Å². The molecule has 1 N–H and O–H groups in total. The van der Waals surface area contributed by atoms with E-state index in [1.165, 1.54) is 24.2 Å². The van der Waals surface area contributed by atoms with Crippen LogP contribution in [0.1, 0.15) is 34.5 Å². The Morgan fingerprint density at radius 2 is 2.04 bits per heavy atom. The smallest absolute Gasteiger partial charge is 0.274 e. The number of carbonyl (C=O) groups is 2. The van der Waals surface area contributed by atoms with Crippen LogP contribution in [0.3, 0.4) is 0 Å². The molecule has 2 aromatic rings. The normalized spacial score (nSPS) is 17.2. The lowest BCUT2D eigenvalue weighted by Gasteiger charge is -2.31. The minimum absolute atomic E-state index is 0.0418. The summed E-state index contributed by atoms with van der Waals surface area (Å²) in [6, 6.07) is 5.87. The Morgan fingerprint density at radius 3 is 2.76 bits per heavy atom. The second kappa shape index (κ2) is 7.42. The zero-order valence-electron chi connectivity index (χ0n) is 14.5. The zero-order chi connectivity index (χ0) is 17.8. The minimum atomic E-state index is -0.212. The van der Waals surface area contributed by atoms with Crippen LogP contribution in [-0.2, 0) is 4.79 Å². The van der Waals surface area contributed by atoms with Gasteiger partial charge in [0.1, 0.15) is 5.69 Å². The van der Waals surface area contributed by atoms with Gasteiger partial charge >= 0.3 is 0 Å². The maximum absolute atomic E-state index is 12.6. The zero-order valence-corrected chi connectivity index (χ0v) is 14.5. The Labute approximate surface area is 147 Å². The van der Waals surface area contributed by atoms with Gasteiger partial charge in [-0.3, -0.25) is 14.6 Å². The minimum Gasteiger partial charge on any atom is -0.336 e. The van der Waals surface area contributed by atoms with Crippen LogP contribution in [0, 0.1) is 19.8 Å². The number of hydrogen-bond donors (Lipinski definition) is 1. The number of rotatable bonds is 3. The first-order valence-electron chi connectivity index (χ1n) is 8.48. The molecule has 0 spiro atoms. The molecule has 1 aliphatic heterocycles. The van der Waals surface area contributed by atoms with Crippen molar-refractivity contribution < 1.29 is 9.59 Å². The van der Waals surface area contributed by atoms with Gasteiger partial charge in [0.15, 0.2) is 0 Å². The Hall–Kier alpha value is -2.76. The van der Waals surface area contributed by atoms with Crippen molar-refractivity contribution in [2.24, 2.45) is 5.92 Å². The van der Waals surface area contributed by atoms with Crippen LogP contribution < -0.4 is 5.32 Å². The predicted octanol–water partition coefficient (Wildman–Crippen LogP) is 2.58. The van der Waals surface area contributed by atoms with Crippen LogP contribution in [0.5, 0.6) is 0 Å². The summed E-state index contributed by atoms with van der Waals surface area (Å²) >= 11 is 0. The molecule has 6 heteroatoms. The van der Waals surface area contributed by atoms with Crippen LogP contribution in [0.2, 0.25) is 0 Å². The molecule has 0 unspecified atom stereocenters. The van der Waals surface area contributed by atoms with Crippen LogP contribution in [-0.4, -0.2) is 39.8 Å². The van der Waals surface area contributed by atoms with Crippen molar-refractivity contribution in [1.29, 1.82) is 0 Å². The molecule has 1 fully saturated rings. The summed E-state index contributed by atoms with van der Waals surface area (Å²) in [4.78, 5) is 34.8. The van der Waals surface area contributed by atoms with Gasteiger partial charge in [-0.15, -0.1) is 0 Å². The number of aromatic nitrogens is 2. The number of likely N-dealkylation sites (tertiary alicyclic amines) is 1. The number of nitrogens with one attached hydrogen (secondary N) is 1. The highest BCUT2D eigenvalue weighted by Crippen LogP contribution is 2.21. The molecule has 6 nitrogen and oxygen atoms in total. The van der Waals surface area contributed by atoms with Gasteiger partial charge in [0, 0.05) is 31.2 Å². The van der Waals surface area contributed by atoms with E-state index in [1.54, 1.807) is 4.90 Å². The highest BCUT2D eigenvalue weighted by atomic mass is 16.2. The van der Waals surface area contributed by atoms with Crippen molar-refractivity contribution in [3.63, 3.8) is 0 Å². The third-order valence-corrected chi connectivity index (χ3v) is 4.64. The fraction of sp³-hybridized carbons (Fsp3) is 0.368. The van der Waals surface area contributed by atoms with E-state index in [-0.39, 0.29) is 17.7 Å². The number of nitrogens with zero attached hydrogens (tertiary/aromatic N) is 3. The van der Waals surface area contributed by atoms with E-state index in [2.05, 4.69) is 15.3 Å². The number of aryl methyl sites for hydroxylation is 2. The van der Waals surface area contributed by atoms with E-state index in [4.69, 9.17) is 0 Å². The first-order valence-corrected chi connectivity index (χ1v) is 8.48. The predicted molar refractivity (Wildman–Crippen MR) is 95.2 cm³/mol. The third kappa shape index (κ3) is 4.02. The maximum Gasteiger partial charge on any atom is 0.274 e. The standard InChI is InChI=1S/C19H22N4O2/c1-13-5-6-16(10-14(13)2)22-18(24)15-4-3-9-23(12-15)19(25)17-11-20-7-8-21-17/h5-8,10-11,15H,3-4,9,12H2,1-2H3,(H,22,24)/t15-/m0/s1. The van der Waals surface area contributed by atoms with Crippen LogP contribution in [0.15, 0.2) is 36.8 Å². The lowest BCUT2D eigenvalue weighted by atomic mass is 9.96. The molecule has 130 valence electrons. The van der Waals surface area contributed by atoms with E-state index < -0.39 is 0 Å². The first kappa shape index (κ1) is 17.1. The number of anilines is 1. The van der Waals surface area contributed by atoms with Crippen molar-refractivity contribution in [2.75, 3.05) is 18.4 Å². The fourth-order valence-corrected chi connectivity index (χ4v) is 3.01. The molecule has 3 rings (SSSR count). The Bertz CT molecular complexity index is 776. The lowest BCUT2D eigenvalue weighted by Crippen LogP contribution is -2.44. The van der Waals surface area contributed by atoms with Crippen molar-refractivity contribution in [1.82, 2.24) is 14.9 Å². The van der Waals surface area contributed by atoms with Gasteiger partial charge in [0.25, 0.3) is 5.91 Å². The van der Waals surface area contributed by atoms with Crippen molar-refractivity contribution >= 4 is 17.5 Å². The Kier molecular flexibility index (Phi) is 5.07. The molecule has 1 saturated heterocycles. The van der Waals surface area contributed by atoms with E-state index in [0.29, 0.717) is 18.8 Å². The van der Waals surface area contributed by atoms with Crippen LogP contribution in [0.25, 0.3) is 0 Å². The van der Waals surface area contributed by atoms with E-state index in [9.17, 15) is 9.59 Å². The summed E-state index contributed by atoms with van der Waals surface area (Å²) < 4.78 is 0. The molecule has 2 amide bonds. The van der Waals surface area contributed by atoms with E-state index in [1.807, 2.05) is 32.0 Å². The van der Waals surface area contributed by atoms with Gasteiger partial charge < -0.3 is 10.2 Å². The summed E-state index contributed by atoms with van der Waals surface area (Å²) in [6.07, 6.45) is 6.08. The van der Waals surface area contributed by atoms with Crippen LogP contribution >= 0.6 is 0 Å². The molecule has 0 radical (unpaired) electrons. The molecule has 0 aliphatic carbocycles. The summed E-state index contributed by atoms with van der Waals surface area (Å²) in [7, 11) is 0. The van der Waals surface area contributed by atoms with Gasteiger partial charge in [-0.05, 0) is 49.9 Å². The second-order valence-corrected chi connectivity index (χ2v) is 6.47. The SMILES string of the molecule is Cc1ccc(NC(=O)[C@H]2CCCN(C(=O)c3cnccn3)C2)cc1C. The largest absolute Gasteiger partial charge is 0.336 e. The van der Waals surface area contributed by atoms with E-state index in [0.717, 1.165) is 24.1 Å². The third-order valence-electron chi connectivity index (χ3n) is 4.64. The van der Waals surface area contributed by atoms with Crippen molar-refractivity contribution in [3.8, 4) is 0 Å². The lowest BCUT2D eigenvalue weighted by molar-refractivity contribution is -0.121. The Morgan fingerprint density at radius 1 is 1.20 bits per heavy atom. The highest BCUT2D eigenvalue weighted by Gasteiger charge is 2.29. The molecule has 1 aliphatic rings. The average Bonchev–Trinajstić information content (AvgIpc) is 2.65. The number of piperidine rings is 1. The molecule has 25 heavy (non-hydrogen) atoms. The number of hydrogen-bond acceptors (Lipinski definition) is 4. The quantitative estimate of drug-likeness (QED) is 0.933. The summed E-state index contributed by atoms with van der Waals surface area (Å²) in [5.41, 5.74) is 3.44. The van der Waals surface area contributed by atoms with Crippen LogP contribution in [0.4, 0.5) is 5.69 Å². The molecular weight excluding hydrogens is 316 g/mol. The number of amides is 2. The Balaban J connectivity index is 1.65. The maximum atomic E-state index is 12.6. The summed E-state index contributed by atoms with van der Waals surface area (Å²) in [5, 5.41) is 2.97. The molecule has 2 heterocycles. The first-order chi connectivity index (χ1) is 12.0. The molecule has 1 atom stereocenters. The molecule has 0 bridgehead atoms. The monoisotopic (exact) mass is 338 g/mol. The van der Waals surface area contributed by atoms with Crippen molar-refractivity contribution in [3.05, 3.63) is 53.6 Å². The fourth-order valence-electron chi connectivity index (χ4n) is 3.01. The van der Waals surface area contributed by atoms with Crippen molar-refractivity contribution in [2.45, 2.75) is 26.7 Å².